The predicted octanol–water partition coefficient (Wildman–Crippen LogP) is 4.32. The molecule has 0 saturated heterocycles. The van der Waals surface area contributed by atoms with E-state index in [0.717, 1.165) is 21.7 Å². The fourth-order valence-electron chi connectivity index (χ4n) is 3.54. The van der Waals surface area contributed by atoms with Gasteiger partial charge >= 0.3 is 0 Å². The lowest BCUT2D eigenvalue weighted by Crippen LogP contribution is -2.52. The van der Waals surface area contributed by atoms with E-state index in [4.69, 9.17) is 23.2 Å². The zero-order chi connectivity index (χ0) is 25.6. The average Bonchev–Trinajstić information content (AvgIpc) is 2.75. The summed E-state index contributed by atoms with van der Waals surface area (Å²) in [7, 11) is -3.78. The maximum absolute atomic E-state index is 13.6. The molecule has 2 aromatic carbocycles. The van der Waals surface area contributed by atoms with Gasteiger partial charge in [-0.05, 0) is 68.1 Å². The van der Waals surface area contributed by atoms with Gasteiger partial charge in [0.2, 0.25) is 21.8 Å². The number of aryl methyl sites for hydroxylation is 2. The molecule has 1 N–H and O–H groups in total. The zero-order valence-corrected chi connectivity index (χ0v) is 22.4. The van der Waals surface area contributed by atoms with Gasteiger partial charge in [0.25, 0.3) is 0 Å². The first kappa shape index (κ1) is 28.0. The minimum absolute atomic E-state index is 0.0654. The maximum Gasteiger partial charge on any atom is 0.244 e. The summed E-state index contributed by atoms with van der Waals surface area (Å²) in [5.41, 5.74) is 2.97. The monoisotopic (exact) mass is 527 g/mol. The molecule has 0 spiro atoms. The van der Waals surface area contributed by atoms with Crippen LogP contribution in [0.4, 0.5) is 5.69 Å². The predicted molar refractivity (Wildman–Crippen MR) is 138 cm³/mol. The third-order valence-electron chi connectivity index (χ3n) is 5.53. The molecule has 2 amide bonds. The molecule has 7 nitrogen and oxygen atoms in total. The zero-order valence-electron chi connectivity index (χ0n) is 20.1. The Morgan fingerprint density at radius 3 is 2.21 bits per heavy atom. The Labute approximate surface area is 212 Å². The van der Waals surface area contributed by atoms with Gasteiger partial charge in [0.05, 0.1) is 22.0 Å². The summed E-state index contributed by atoms with van der Waals surface area (Å²) >= 11 is 12.2. The van der Waals surface area contributed by atoms with Crippen molar-refractivity contribution in [2.24, 2.45) is 0 Å². The Hall–Kier alpha value is -2.29. The molecule has 2 aromatic rings. The number of rotatable bonds is 10. The van der Waals surface area contributed by atoms with Crippen molar-refractivity contribution in [1.29, 1.82) is 0 Å². The molecule has 0 aliphatic rings. The maximum atomic E-state index is 13.6. The minimum atomic E-state index is -3.78. The number of carbonyl (C=O) groups excluding carboxylic acids is 2. The number of hydrogen-bond donors (Lipinski definition) is 1. The van der Waals surface area contributed by atoms with Crippen LogP contribution in [0.15, 0.2) is 36.4 Å². The summed E-state index contributed by atoms with van der Waals surface area (Å²) in [5, 5.41) is 3.45. The molecule has 0 aliphatic heterocycles. The van der Waals surface area contributed by atoms with Gasteiger partial charge in [-0.2, -0.15) is 0 Å². The van der Waals surface area contributed by atoms with E-state index < -0.39 is 28.5 Å². The normalized spacial score (nSPS) is 12.2. The van der Waals surface area contributed by atoms with Crippen LogP contribution in [0.2, 0.25) is 10.0 Å². The van der Waals surface area contributed by atoms with E-state index in [0.29, 0.717) is 34.3 Å². The fraction of sp³-hybridized carbons (Fsp3) is 0.417. The summed E-state index contributed by atoms with van der Waals surface area (Å²) in [4.78, 5) is 27.7. The molecule has 0 aliphatic carbocycles. The summed E-state index contributed by atoms with van der Waals surface area (Å²) in [5.74, 6) is -0.816. The highest BCUT2D eigenvalue weighted by Gasteiger charge is 2.31. The number of nitrogens with one attached hydrogen (secondary N) is 1. The smallest absolute Gasteiger partial charge is 0.244 e. The van der Waals surface area contributed by atoms with Crippen LogP contribution in [-0.2, 0) is 26.2 Å². The van der Waals surface area contributed by atoms with Gasteiger partial charge in [0.15, 0.2) is 0 Å². The Balaban J connectivity index is 2.47. The van der Waals surface area contributed by atoms with E-state index in [1.807, 2.05) is 19.9 Å². The van der Waals surface area contributed by atoms with Crippen molar-refractivity contribution >= 4 is 50.7 Å². The molecule has 186 valence electrons. The highest BCUT2D eigenvalue weighted by Crippen LogP contribution is 2.25. The molecular formula is C24H31Cl2N3O4S. The summed E-state index contributed by atoms with van der Waals surface area (Å²) in [6.07, 6.45) is 1.40. The molecule has 0 fully saturated rings. The highest BCUT2D eigenvalue weighted by atomic mass is 35.5. The largest absolute Gasteiger partial charge is 0.355 e. The van der Waals surface area contributed by atoms with Crippen LogP contribution in [0.1, 0.15) is 37.0 Å². The van der Waals surface area contributed by atoms with Crippen molar-refractivity contribution < 1.29 is 18.0 Å². The molecule has 0 aromatic heterocycles. The number of hydrogen-bond acceptors (Lipinski definition) is 4. The third kappa shape index (κ3) is 7.10. The molecule has 10 heteroatoms. The standard InChI is InChI=1S/C24H31Cl2N3O4S/c1-6-22(24(31)27-7-2)28(14-18-9-11-20(25)21(26)13-18)23(30)15-29(34(5,32)33)19-10-8-16(3)17(4)12-19/h8-13,22H,6-7,14-15H2,1-5H3,(H,27,31)/t22-/m1/s1. The van der Waals surface area contributed by atoms with Gasteiger partial charge in [-0.1, -0.05) is 42.3 Å². The van der Waals surface area contributed by atoms with Crippen molar-refractivity contribution in [3.63, 3.8) is 0 Å². The molecule has 1 atom stereocenters. The summed E-state index contributed by atoms with van der Waals surface area (Å²) < 4.78 is 26.4. The second-order valence-corrected chi connectivity index (χ2v) is 10.8. The Kier molecular flexibility index (Phi) is 9.79. The first-order valence-electron chi connectivity index (χ1n) is 10.9. The number of nitrogens with zero attached hydrogens (tertiary/aromatic N) is 2. The lowest BCUT2D eigenvalue weighted by atomic mass is 10.1. The first-order valence-corrected chi connectivity index (χ1v) is 13.6. The number of sulfonamides is 1. The Morgan fingerprint density at radius 1 is 1.00 bits per heavy atom. The van der Waals surface area contributed by atoms with E-state index in [-0.39, 0.29) is 12.5 Å². The highest BCUT2D eigenvalue weighted by molar-refractivity contribution is 7.92. The van der Waals surface area contributed by atoms with Crippen molar-refractivity contribution in [1.82, 2.24) is 10.2 Å². The van der Waals surface area contributed by atoms with Gasteiger partial charge in [-0.15, -0.1) is 0 Å². The number of benzene rings is 2. The van der Waals surface area contributed by atoms with E-state index >= 15 is 0 Å². The van der Waals surface area contributed by atoms with Gasteiger partial charge in [-0.3, -0.25) is 13.9 Å². The van der Waals surface area contributed by atoms with Crippen molar-refractivity contribution in [2.75, 3.05) is 23.7 Å². The van der Waals surface area contributed by atoms with Crippen LogP contribution < -0.4 is 9.62 Å². The van der Waals surface area contributed by atoms with E-state index in [1.165, 1.54) is 4.90 Å². The second kappa shape index (κ2) is 11.9. The number of amides is 2. The van der Waals surface area contributed by atoms with Crippen LogP contribution in [0.5, 0.6) is 0 Å². The van der Waals surface area contributed by atoms with Crippen LogP contribution in [0.3, 0.4) is 0 Å². The van der Waals surface area contributed by atoms with Crippen molar-refractivity contribution in [3.05, 3.63) is 63.1 Å². The molecule has 0 saturated carbocycles. The van der Waals surface area contributed by atoms with E-state index in [2.05, 4.69) is 5.32 Å². The first-order chi connectivity index (χ1) is 15.9. The third-order valence-corrected chi connectivity index (χ3v) is 7.41. The molecule has 2 rings (SSSR count). The molecule has 0 unspecified atom stereocenters. The summed E-state index contributed by atoms with van der Waals surface area (Å²) in [6, 6.07) is 9.39. The number of halogens is 2. The molecular weight excluding hydrogens is 497 g/mol. The van der Waals surface area contributed by atoms with Crippen LogP contribution in [-0.4, -0.2) is 50.5 Å². The quantitative estimate of drug-likeness (QED) is 0.498. The SMILES string of the molecule is CCNC(=O)[C@@H](CC)N(Cc1ccc(Cl)c(Cl)c1)C(=O)CN(c1ccc(C)c(C)c1)S(C)(=O)=O. The van der Waals surface area contributed by atoms with Crippen LogP contribution in [0.25, 0.3) is 0 Å². The number of carbonyl (C=O) groups is 2. The lowest BCUT2D eigenvalue weighted by molar-refractivity contribution is -0.140. The number of anilines is 1. The summed E-state index contributed by atoms with van der Waals surface area (Å²) in [6.45, 7) is 7.41. The molecule has 0 heterocycles. The molecule has 0 bridgehead atoms. The molecule has 0 radical (unpaired) electrons. The van der Waals surface area contributed by atoms with Crippen LogP contribution in [0, 0.1) is 13.8 Å². The number of likely N-dealkylation sites (N-methyl/N-ethyl adjacent to an activating group) is 1. The van der Waals surface area contributed by atoms with Crippen molar-refractivity contribution in [2.45, 2.75) is 46.7 Å². The van der Waals surface area contributed by atoms with Gasteiger partial charge in [-0.25, -0.2) is 8.42 Å². The van der Waals surface area contributed by atoms with E-state index in [9.17, 15) is 18.0 Å². The molecule has 34 heavy (non-hydrogen) atoms. The lowest BCUT2D eigenvalue weighted by Gasteiger charge is -2.33. The van der Waals surface area contributed by atoms with Crippen LogP contribution >= 0.6 is 23.2 Å². The fourth-order valence-corrected chi connectivity index (χ4v) is 4.70. The van der Waals surface area contributed by atoms with Gasteiger partial charge in [0.1, 0.15) is 12.6 Å². The second-order valence-electron chi connectivity index (χ2n) is 8.13. The average molecular weight is 529 g/mol. The van der Waals surface area contributed by atoms with E-state index in [1.54, 1.807) is 44.2 Å². The van der Waals surface area contributed by atoms with Gasteiger partial charge < -0.3 is 10.2 Å². The topological polar surface area (TPSA) is 86.8 Å². The Bertz CT molecular complexity index is 1150. The Morgan fingerprint density at radius 2 is 1.68 bits per heavy atom. The minimum Gasteiger partial charge on any atom is -0.355 e. The van der Waals surface area contributed by atoms with Gasteiger partial charge in [0, 0.05) is 13.1 Å². The van der Waals surface area contributed by atoms with Crippen molar-refractivity contribution in [3.8, 4) is 0 Å².